The van der Waals surface area contributed by atoms with E-state index in [4.69, 9.17) is 0 Å². The maximum atomic E-state index is 13.1. The highest BCUT2D eigenvalue weighted by atomic mass is 32.2. The third-order valence-electron chi connectivity index (χ3n) is 4.53. The van der Waals surface area contributed by atoms with Crippen LogP contribution in [-0.2, 0) is 4.79 Å². The van der Waals surface area contributed by atoms with Crippen molar-refractivity contribution < 1.29 is 9.72 Å². The van der Waals surface area contributed by atoms with Crippen LogP contribution >= 0.6 is 23.1 Å². The largest absolute Gasteiger partial charge is 0.341 e. The van der Waals surface area contributed by atoms with Crippen molar-refractivity contribution in [3.63, 3.8) is 0 Å². The average Bonchev–Trinajstić information content (AvgIpc) is 3.35. The Morgan fingerprint density at radius 3 is 2.63 bits per heavy atom. The van der Waals surface area contributed by atoms with Crippen LogP contribution in [0.3, 0.4) is 0 Å². The van der Waals surface area contributed by atoms with Crippen LogP contribution in [-0.4, -0.2) is 33.8 Å². The first-order valence-corrected chi connectivity index (χ1v) is 10.4. The van der Waals surface area contributed by atoms with Crippen LogP contribution in [0.5, 0.6) is 0 Å². The van der Waals surface area contributed by atoms with Crippen molar-refractivity contribution in [2.24, 2.45) is 0 Å². The minimum absolute atomic E-state index is 0.0513. The third-order valence-corrected chi connectivity index (χ3v) is 6.88. The molecule has 0 bridgehead atoms. The fourth-order valence-electron chi connectivity index (χ4n) is 3.15. The Morgan fingerprint density at radius 1 is 1.19 bits per heavy atom. The topological polar surface area (TPSA) is 76.3 Å². The number of thiazole rings is 1. The number of hydrogen-bond donors (Lipinski definition) is 0. The van der Waals surface area contributed by atoms with Gasteiger partial charge in [0.2, 0.25) is 5.91 Å². The summed E-state index contributed by atoms with van der Waals surface area (Å²) in [6.07, 6.45) is 2.09. The Hall–Kier alpha value is -2.45. The molecule has 2 heterocycles. The lowest BCUT2D eigenvalue weighted by Crippen LogP contribution is -2.31. The number of nitro benzene ring substituents is 1. The van der Waals surface area contributed by atoms with Crippen LogP contribution in [0.25, 0.3) is 10.2 Å². The van der Waals surface area contributed by atoms with Crippen molar-refractivity contribution >= 4 is 44.9 Å². The van der Waals surface area contributed by atoms with Crippen molar-refractivity contribution in [2.45, 2.75) is 22.4 Å². The Bertz CT molecular complexity index is 984. The van der Waals surface area contributed by atoms with E-state index in [2.05, 4.69) is 4.98 Å². The molecular weight excluding hydrogens is 382 g/mol. The van der Waals surface area contributed by atoms with Crippen molar-refractivity contribution in [1.29, 1.82) is 0 Å². The van der Waals surface area contributed by atoms with E-state index in [1.165, 1.54) is 35.2 Å². The maximum absolute atomic E-state index is 13.1. The first kappa shape index (κ1) is 17.9. The Balaban J connectivity index is 1.65. The molecule has 1 amide bonds. The molecular formula is C19H17N3O3S2. The molecule has 1 aliphatic rings. The monoisotopic (exact) mass is 399 g/mol. The number of amides is 1. The highest BCUT2D eigenvalue weighted by Gasteiger charge is 2.29. The molecule has 8 heteroatoms. The van der Waals surface area contributed by atoms with Gasteiger partial charge in [0.05, 0.1) is 15.1 Å². The number of benzene rings is 2. The van der Waals surface area contributed by atoms with Crippen LogP contribution in [0, 0.1) is 10.1 Å². The van der Waals surface area contributed by atoms with Gasteiger partial charge >= 0.3 is 0 Å². The summed E-state index contributed by atoms with van der Waals surface area (Å²) in [4.78, 5) is 30.2. The average molecular weight is 399 g/mol. The third kappa shape index (κ3) is 3.81. The lowest BCUT2D eigenvalue weighted by Gasteiger charge is -2.22. The number of thioether (sulfide) groups is 1. The van der Waals surface area contributed by atoms with E-state index >= 15 is 0 Å². The first-order valence-electron chi connectivity index (χ1n) is 8.67. The minimum atomic E-state index is -0.407. The van der Waals surface area contributed by atoms with Gasteiger partial charge in [-0.25, -0.2) is 4.98 Å². The number of nitro groups is 1. The summed E-state index contributed by atoms with van der Waals surface area (Å²) in [5.74, 6) is 0.105. The second kappa shape index (κ2) is 7.66. The molecule has 1 fully saturated rings. The zero-order chi connectivity index (χ0) is 18.8. The first-order chi connectivity index (χ1) is 13.1. The number of non-ortho nitro benzene ring substituents is 1. The van der Waals surface area contributed by atoms with E-state index in [0.717, 1.165) is 40.5 Å². The van der Waals surface area contributed by atoms with Gasteiger partial charge in [0.15, 0.2) is 4.34 Å². The van der Waals surface area contributed by atoms with Crippen LogP contribution in [0.15, 0.2) is 52.9 Å². The molecule has 1 atom stereocenters. The summed E-state index contributed by atoms with van der Waals surface area (Å²) < 4.78 is 1.50. The van der Waals surface area contributed by atoms with E-state index in [9.17, 15) is 14.9 Å². The molecule has 4 rings (SSSR count). The number of carbonyl (C=O) groups is 1. The molecule has 1 aliphatic heterocycles. The van der Waals surface area contributed by atoms with Gasteiger partial charge in [-0.3, -0.25) is 14.9 Å². The molecule has 0 spiro atoms. The predicted molar refractivity (Wildman–Crippen MR) is 107 cm³/mol. The quantitative estimate of drug-likeness (QED) is 0.354. The van der Waals surface area contributed by atoms with Crippen molar-refractivity contribution in [2.75, 3.05) is 13.1 Å². The molecule has 0 saturated carbocycles. The summed E-state index contributed by atoms with van der Waals surface area (Å²) in [6.45, 7) is 1.60. The summed E-state index contributed by atoms with van der Waals surface area (Å²) in [5, 5.41) is 10.6. The van der Waals surface area contributed by atoms with Crippen LogP contribution in [0.1, 0.15) is 23.7 Å². The Labute approximate surface area is 164 Å². The molecule has 0 unspecified atom stereocenters. The van der Waals surface area contributed by atoms with E-state index in [0.29, 0.717) is 5.52 Å². The van der Waals surface area contributed by atoms with E-state index < -0.39 is 4.92 Å². The van der Waals surface area contributed by atoms with E-state index in [1.54, 1.807) is 6.07 Å². The van der Waals surface area contributed by atoms with Gasteiger partial charge in [-0.2, -0.15) is 0 Å². The van der Waals surface area contributed by atoms with Crippen LogP contribution < -0.4 is 0 Å². The zero-order valence-electron chi connectivity index (χ0n) is 14.4. The van der Waals surface area contributed by atoms with Gasteiger partial charge in [0.25, 0.3) is 5.69 Å². The van der Waals surface area contributed by atoms with Gasteiger partial charge in [0.1, 0.15) is 5.25 Å². The van der Waals surface area contributed by atoms with Crippen molar-refractivity contribution in [1.82, 2.24) is 9.88 Å². The number of aromatic nitrogens is 1. The van der Waals surface area contributed by atoms with E-state index in [1.807, 2.05) is 35.2 Å². The lowest BCUT2D eigenvalue weighted by atomic mass is 10.1. The summed E-state index contributed by atoms with van der Waals surface area (Å²) >= 11 is 2.81. The summed E-state index contributed by atoms with van der Waals surface area (Å²) in [7, 11) is 0. The Kier molecular flexibility index (Phi) is 5.09. The molecule has 1 saturated heterocycles. The number of fused-ring (bicyclic) bond motifs is 1. The minimum Gasteiger partial charge on any atom is -0.341 e. The summed E-state index contributed by atoms with van der Waals surface area (Å²) in [6, 6.07) is 14.4. The highest BCUT2D eigenvalue weighted by Crippen LogP contribution is 2.41. The van der Waals surface area contributed by atoms with Gasteiger partial charge in [-0.05, 0) is 24.5 Å². The molecule has 27 heavy (non-hydrogen) atoms. The van der Waals surface area contributed by atoms with Crippen molar-refractivity contribution in [3.8, 4) is 0 Å². The molecule has 138 valence electrons. The second-order valence-corrected chi connectivity index (χ2v) is 8.71. The van der Waals surface area contributed by atoms with Gasteiger partial charge < -0.3 is 4.90 Å². The van der Waals surface area contributed by atoms with Gasteiger partial charge in [-0.1, -0.05) is 42.1 Å². The van der Waals surface area contributed by atoms with E-state index in [-0.39, 0.29) is 16.8 Å². The molecule has 0 N–H and O–H groups in total. The molecule has 0 radical (unpaired) electrons. The molecule has 3 aromatic rings. The number of hydrogen-bond acceptors (Lipinski definition) is 6. The second-order valence-electron chi connectivity index (χ2n) is 6.33. The van der Waals surface area contributed by atoms with Gasteiger partial charge in [0, 0.05) is 25.2 Å². The normalized spacial score (nSPS) is 15.2. The highest BCUT2D eigenvalue weighted by molar-refractivity contribution is 8.02. The standard InChI is InChI=1S/C19H17N3O3S2/c23-18(21-10-4-5-11-21)17(13-6-2-1-3-7-13)27-19-20-15-9-8-14(22(24)25)12-16(15)26-19/h1-3,6-9,12,17H,4-5,10-11H2/t17-/m0/s1. The lowest BCUT2D eigenvalue weighted by molar-refractivity contribution is -0.384. The zero-order valence-corrected chi connectivity index (χ0v) is 16.0. The van der Waals surface area contributed by atoms with Gasteiger partial charge in [-0.15, -0.1) is 11.3 Å². The number of rotatable bonds is 5. The summed E-state index contributed by atoms with van der Waals surface area (Å²) in [5.41, 5.74) is 1.72. The maximum Gasteiger partial charge on any atom is 0.270 e. The molecule has 1 aromatic heterocycles. The number of likely N-dealkylation sites (tertiary alicyclic amines) is 1. The SMILES string of the molecule is O=C([C@@H](Sc1nc2ccc([N+](=O)[O-])cc2s1)c1ccccc1)N1CCCC1. The van der Waals surface area contributed by atoms with Crippen LogP contribution in [0.2, 0.25) is 0 Å². The molecule has 6 nitrogen and oxygen atoms in total. The van der Waals surface area contributed by atoms with Crippen LogP contribution in [0.4, 0.5) is 5.69 Å². The molecule has 0 aliphatic carbocycles. The number of carbonyl (C=O) groups excluding carboxylic acids is 1. The Morgan fingerprint density at radius 2 is 1.93 bits per heavy atom. The fourth-order valence-corrected chi connectivity index (χ4v) is 5.53. The fraction of sp³-hybridized carbons (Fsp3) is 0.263. The molecule has 2 aromatic carbocycles. The van der Waals surface area contributed by atoms with Crippen molar-refractivity contribution in [3.05, 3.63) is 64.2 Å². The predicted octanol–water partition coefficient (Wildman–Crippen LogP) is 4.66. The smallest absolute Gasteiger partial charge is 0.270 e. The number of nitrogens with zero attached hydrogens (tertiary/aromatic N) is 3.